The van der Waals surface area contributed by atoms with E-state index in [0.717, 1.165) is 0 Å². The summed E-state index contributed by atoms with van der Waals surface area (Å²) < 4.78 is 21.4. The molecule has 1 aliphatic carbocycles. The fraction of sp³-hybridized carbons (Fsp3) is 0.824. The standard InChI is InChI=1S/C17H26O10/c1-6-9(19)3-7-8(15(23)24-2)5-25-16(11(6)7)27-17-14(22)13(21)12(20)10(4-18)26-17/h5-7,9-14,16-22H,3-4H2,1-2H3/t6-,7+,9-,10+,11+,12-,13-,14-,16-,17-/m0/s1. The molecular weight excluding hydrogens is 364 g/mol. The van der Waals surface area contributed by atoms with Gasteiger partial charge in [-0.2, -0.15) is 0 Å². The lowest BCUT2D eigenvalue weighted by Crippen LogP contribution is -2.60. The van der Waals surface area contributed by atoms with Crippen LogP contribution in [0.3, 0.4) is 0 Å². The summed E-state index contributed by atoms with van der Waals surface area (Å²) in [6.45, 7) is 1.21. The van der Waals surface area contributed by atoms with E-state index in [0.29, 0.717) is 12.0 Å². The Kier molecular flexibility index (Phi) is 6.06. The van der Waals surface area contributed by atoms with Crippen molar-refractivity contribution in [2.45, 2.75) is 56.4 Å². The summed E-state index contributed by atoms with van der Waals surface area (Å²) in [5.41, 5.74) is 0.291. The maximum Gasteiger partial charge on any atom is 0.337 e. The molecule has 10 heteroatoms. The number of fused-ring (bicyclic) bond motifs is 1. The van der Waals surface area contributed by atoms with Crippen molar-refractivity contribution in [1.29, 1.82) is 0 Å². The highest BCUT2D eigenvalue weighted by Gasteiger charge is 2.53. The minimum Gasteiger partial charge on any atom is -0.472 e. The highest BCUT2D eigenvalue weighted by Crippen LogP contribution is 2.47. The normalized spacial score (nSPS) is 47.0. The smallest absolute Gasteiger partial charge is 0.337 e. The highest BCUT2D eigenvalue weighted by atomic mass is 16.8. The molecule has 2 fully saturated rings. The van der Waals surface area contributed by atoms with Gasteiger partial charge in [-0.25, -0.2) is 4.79 Å². The van der Waals surface area contributed by atoms with Gasteiger partial charge in [0.05, 0.1) is 31.7 Å². The Morgan fingerprint density at radius 3 is 2.52 bits per heavy atom. The van der Waals surface area contributed by atoms with Crippen molar-refractivity contribution in [2.24, 2.45) is 17.8 Å². The third-order valence-electron chi connectivity index (χ3n) is 5.75. The van der Waals surface area contributed by atoms with Crippen LogP contribution >= 0.6 is 0 Å². The van der Waals surface area contributed by atoms with Crippen molar-refractivity contribution in [3.8, 4) is 0 Å². The topological polar surface area (TPSA) is 155 Å². The van der Waals surface area contributed by atoms with E-state index in [2.05, 4.69) is 0 Å². The molecule has 2 heterocycles. The Hall–Kier alpha value is -1.27. The number of ether oxygens (including phenoxy) is 4. The lowest BCUT2D eigenvalue weighted by molar-refractivity contribution is -0.342. The molecule has 1 saturated heterocycles. The molecule has 0 unspecified atom stereocenters. The Morgan fingerprint density at radius 2 is 1.89 bits per heavy atom. The van der Waals surface area contributed by atoms with Crippen molar-refractivity contribution in [3.63, 3.8) is 0 Å². The number of hydrogen-bond acceptors (Lipinski definition) is 10. The number of carbonyl (C=O) groups excluding carboxylic acids is 1. The summed E-state index contributed by atoms with van der Waals surface area (Å²) in [6.07, 6.45) is -7.25. The maximum atomic E-state index is 12.0. The number of aliphatic hydroxyl groups is 5. The van der Waals surface area contributed by atoms with Crippen LogP contribution in [0.2, 0.25) is 0 Å². The number of aliphatic hydroxyl groups excluding tert-OH is 5. The first-order valence-electron chi connectivity index (χ1n) is 8.88. The van der Waals surface area contributed by atoms with E-state index in [1.165, 1.54) is 13.4 Å². The van der Waals surface area contributed by atoms with E-state index in [1.807, 2.05) is 0 Å². The van der Waals surface area contributed by atoms with Crippen LogP contribution in [0.5, 0.6) is 0 Å². The van der Waals surface area contributed by atoms with Gasteiger partial charge in [-0.15, -0.1) is 0 Å². The molecular formula is C17H26O10. The van der Waals surface area contributed by atoms with Gasteiger partial charge in [0, 0.05) is 11.8 Å². The van der Waals surface area contributed by atoms with Crippen LogP contribution in [-0.4, -0.2) is 88.3 Å². The zero-order chi connectivity index (χ0) is 19.9. The quantitative estimate of drug-likeness (QED) is 0.336. The molecule has 0 spiro atoms. The molecule has 0 radical (unpaired) electrons. The Balaban J connectivity index is 1.80. The van der Waals surface area contributed by atoms with Gasteiger partial charge in [0.1, 0.15) is 24.4 Å². The maximum absolute atomic E-state index is 12.0. The van der Waals surface area contributed by atoms with Crippen molar-refractivity contribution >= 4 is 5.97 Å². The summed E-state index contributed by atoms with van der Waals surface area (Å²) in [5, 5.41) is 49.4. The van der Waals surface area contributed by atoms with Gasteiger partial charge in [-0.05, 0) is 12.3 Å². The van der Waals surface area contributed by atoms with E-state index in [1.54, 1.807) is 6.92 Å². The monoisotopic (exact) mass is 390 g/mol. The molecule has 0 bridgehead atoms. The second kappa shape index (κ2) is 8.00. The highest BCUT2D eigenvalue weighted by molar-refractivity contribution is 5.89. The van der Waals surface area contributed by atoms with E-state index < -0.39 is 61.6 Å². The number of esters is 1. The summed E-state index contributed by atoms with van der Waals surface area (Å²) in [4.78, 5) is 12.0. The second-order valence-corrected chi connectivity index (χ2v) is 7.25. The van der Waals surface area contributed by atoms with E-state index in [4.69, 9.17) is 18.9 Å². The van der Waals surface area contributed by atoms with Crippen molar-refractivity contribution in [3.05, 3.63) is 11.8 Å². The molecule has 154 valence electrons. The Morgan fingerprint density at radius 1 is 1.19 bits per heavy atom. The molecule has 0 aromatic rings. The van der Waals surface area contributed by atoms with Crippen LogP contribution in [0.25, 0.3) is 0 Å². The molecule has 1 saturated carbocycles. The van der Waals surface area contributed by atoms with Gasteiger partial charge in [0.25, 0.3) is 0 Å². The molecule has 3 aliphatic rings. The molecule has 0 aromatic carbocycles. The van der Waals surface area contributed by atoms with Gasteiger partial charge < -0.3 is 44.5 Å². The summed E-state index contributed by atoms with van der Waals surface area (Å²) in [5.74, 6) is -1.63. The molecule has 2 aliphatic heterocycles. The van der Waals surface area contributed by atoms with E-state index in [9.17, 15) is 30.3 Å². The van der Waals surface area contributed by atoms with E-state index >= 15 is 0 Å². The van der Waals surface area contributed by atoms with Gasteiger partial charge in [0.15, 0.2) is 6.29 Å². The fourth-order valence-corrected chi connectivity index (χ4v) is 4.10. The molecule has 27 heavy (non-hydrogen) atoms. The largest absolute Gasteiger partial charge is 0.472 e. The van der Waals surface area contributed by atoms with E-state index in [-0.39, 0.29) is 11.8 Å². The average Bonchev–Trinajstić information content (AvgIpc) is 2.96. The van der Waals surface area contributed by atoms with Crippen LogP contribution in [0, 0.1) is 17.8 Å². The molecule has 3 rings (SSSR count). The SMILES string of the molecule is COC(=O)C1=CO[C@@H](O[C@@H]2O[C@H](CO)[C@H](O)[C@H](O)[C@@H]2O)[C@@H]2[C@@H](C)[C@@H](O)C[C@H]12. The molecule has 0 aromatic heterocycles. The van der Waals surface area contributed by atoms with Gasteiger partial charge in [-0.3, -0.25) is 0 Å². The second-order valence-electron chi connectivity index (χ2n) is 7.25. The molecule has 10 atom stereocenters. The predicted molar refractivity (Wildman–Crippen MR) is 86.6 cm³/mol. The first-order valence-corrected chi connectivity index (χ1v) is 8.88. The lowest BCUT2D eigenvalue weighted by atomic mass is 9.83. The number of carbonyl (C=O) groups is 1. The average molecular weight is 390 g/mol. The van der Waals surface area contributed by atoms with Crippen LogP contribution in [0.15, 0.2) is 11.8 Å². The number of methoxy groups -OCH3 is 1. The van der Waals surface area contributed by atoms with Crippen molar-refractivity contribution in [1.82, 2.24) is 0 Å². The van der Waals surface area contributed by atoms with Crippen molar-refractivity contribution < 1.29 is 49.3 Å². The minimum atomic E-state index is -1.58. The first kappa shape index (κ1) is 20.5. The Labute approximate surface area is 155 Å². The lowest BCUT2D eigenvalue weighted by Gasteiger charge is -2.43. The third-order valence-corrected chi connectivity index (χ3v) is 5.75. The summed E-state index contributed by atoms with van der Waals surface area (Å²) in [7, 11) is 1.25. The fourth-order valence-electron chi connectivity index (χ4n) is 4.10. The molecule has 10 nitrogen and oxygen atoms in total. The van der Waals surface area contributed by atoms with Crippen LogP contribution < -0.4 is 0 Å². The number of rotatable bonds is 4. The van der Waals surface area contributed by atoms with Gasteiger partial charge >= 0.3 is 5.97 Å². The van der Waals surface area contributed by atoms with Crippen LogP contribution in [0.4, 0.5) is 0 Å². The van der Waals surface area contributed by atoms with Crippen LogP contribution in [-0.2, 0) is 23.7 Å². The predicted octanol–water partition coefficient (Wildman–Crippen LogP) is -2.15. The van der Waals surface area contributed by atoms with Gasteiger partial charge in [0.2, 0.25) is 6.29 Å². The zero-order valence-electron chi connectivity index (χ0n) is 15.0. The Bertz CT molecular complexity index is 578. The first-order chi connectivity index (χ1) is 12.8. The zero-order valence-corrected chi connectivity index (χ0v) is 15.0. The third kappa shape index (κ3) is 3.58. The number of hydrogen-bond donors (Lipinski definition) is 5. The summed E-state index contributed by atoms with van der Waals surface area (Å²) in [6, 6.07) is 0. The molecule has 0 amide bonds. The molecule has 5 N–H and O–H groups in total. The van der Waals surface area contributed by atoms with Crippen LogP contribution in [0.1, 0.15) is 13.3 Å². The summed E-state index contributed by atoms with van der Waals surface area (Å²) >= 11 is 0. The minimum absolute atomic E-state index is 0.279. The van der Waals surface area contributed by atoms with Crippen molar-refractivity contribution in [2.75, 3.05) is 13.7 Å². The van der Waals surface area contributed by atoms with Gasteiger partial charge in [-0.1, -0.05) is 6.92 Å².